The van der Waals surface area contributed by atoms with Crippen LogP contribution >= 0.6 is 0 Å². The number of fused-ring (bicyclic) bond motifs is 20. The van der Waals surface area contributed by atoms with Gasteiger partial charge in [-0.1, -0.05) is 376 Å². The maximum atomic E-state index is 6.57. The molecule has 0 atom stereocenters. The fraction of sp³-hybridized carbons (Fsp3) is 0.0345. The number of rotatable bonds is 8. The summed E-state index contributed by atoms with van der Waals surface area (Å²) < 4.78 is 26.1. The van der Waals surface area contributed by atoms with Gasteiger partial charge in [-0.25, -0.2) is 0 Å². The van der Waals surface area contributed by atoms with E-state index < -0.39 is 0 Å². The van der Waals surface area contributed by atoms with Gasteiger partial charge in [-0.2, -0.15) is 0 Å². The fourth-order valence-electron chi connectivity index (χ4n) is 18.1. The summed E-state index contributed by atoms with van der Waals surface area (Å²) in [6.07, 6.45) is 0. The highest BCUT2D eigenvalue weighted by molar-refractivity contribution is 6.26. The zero-order valence-corrected chi connectivity index (χ0v) is 66.9. The molecular formula is C116H80O4. The predicted octanol–water partition coefficient (Wildman–Crippen LogP) is 33.5. The van der Waals surface area contributed by atoms with Crippen molar-refractivity contribution in [2.45, 2.75) is 27.7 Å². The number of hydrogen-bond acceptors (Lipinski definition) is 4. The van der Waals surface area contributed by atoms with Gasteiger partial charge >= 0.3 is 0 Å². The van der Waals surface area contributed by atoms with Crippen molar-refractivity contribution in [2.75, 3.05) is 0 Å². The van der Waals surface area contributed by atoms with Gasteiger partial charge in [-0.3, -0.25) is 0 Å². The molecule has 0 spiro atoms. The second-order valence-electron chi connectivity index (χ2n) is 31.4. The summed E-state index contributed by atoms with van der Waals surface area (Å²) in [5.41, 5.74) is 31.4. The Kier molecular flexibility index (Phi) is 18.5. The molecule has 4 heteroatoms. The smallest absolute Gasteiger partial charge is 0.143 e. The van der Waals surface area contributed by atoms with Crippen molar-refractivity contribution in [1.29, 1.82) is 0 Å². The van der Waals surface area contributed by atoms with E-state index >= 15 is 0 Å². The van der Waals surface area contributed by atoms with E-state index in [4.69, 9.17) is 17.7 Å². The summed E-state index contributed by atoms with van der Waals surface area (Å²) in [4.78, 5) is 0. The van der Waals surface area contributed by atoms with Gasteiger partial charge in [0.05, 0.1) is 0 Å². The monoisotopic (exact) mass is 1540 g/mol. The lowest BCUT2D eigenvalue weighted by Gasteiger charge is -2.12. The minimum atomic E-state index is 0.956. The molecule has 0 N–H and O–H groups in total. The first-order chi connectivity index (χ1) is 59.2. The standard InChI is InChI=1S/4C29H20O/c1-19-9-7-16-25-27-24-15-6-5-12-23(24)18-26(29(27)30-28(19)25)22-14-8-13-21(17-22)20-10-3-2-4-11-20;1-19-17-22-11-5-6-14-24(22)27-26-16-8-15-25(29(26)30-28(19)27)23-13-7-12-21(18-23)20-9-3-2-4-10-20;1-19-10-9-17-25-27-23-15-6-5-13-21(23)18-26(29(27)30-28(19)25)24-16-8-7-14-22(24)20-11-3-2-4-12-20;1-19-18-23-10-5-6-11-24(23)27-26-13-7-12-25(29(26)30-28(19)27)22-16-14-21(15-17-22)20-8-3-2-4-9-20/h4*2-18H,1H3. The number of benzene rings is 20. The zero-order chi connectivity index (χ0) is 80.3. The Morgan fingerprint density at radius 3 is 0.858 bits per heavy atom. The molecule has 0 unspecified atom stereocenters. The first-order valence-electron chi connectivity index (χ1n) is 41.2. The third-order valence-corrected chi connectivity index (χ3v) is 23.9. The summed E-state index contributed by atoms with van der Waals surface area (Å²) in [7, 11) is 0. The van der Waals surface area contributed by atoms with Crippen LogP contribution in [0.4, 0.5) is 0 Å². The molecule has 24 aromatic rings. The Hall–Kier alpha value is -15.4. The molecule has 4 heterocycles. The average molecular weight is 1540 g/mol. The van der Waals surface area contributed by atoms with Crippen molar-refractivity contribution in [3.8, 4) is 89.0 Å². The molecule has 0 aliphatic heterocycles. The predicted molar refractivity (Wildman–Crippen MR) is 507 cm³/mol. The topological polar surface area (TPSA) is 52.6 Å². The zero-order valence-electron chi connectivity index (χ0n) is 66.9. The van der Waals surface area contributed by atoms with Crippen molar-refractivity contribution in [3.63, 3.8) is 0 Å². The van der Waals surface area contributed by atoms with Crippen LogP contribution in [0.15, 0.2) is 430 Å². The fourth-order valence-corrected chi connectivity index (χ4v) is 18.1. The van der Waals surface area contributed by atoms with E-state index in [-0.39, 0.29) is 0 Å². The van der Waals surface area contributed by atoms with E-state index in [9.17, 15) is 0 Å². The van der Waals surface area contributed by atoms with E-state index in [1.54, 1.807) is 0 Å². The molecule has 0 fully saturated rings. The second-order valence-corrected chi connectivity index (χ2v) is 31.4. The third kappa shape index (κ3) is 13.0. The minimum absolute atomic E-state index is 0.956. The van der Waals surface area contributed by atoms with Crippen LogP contribution in [0.3, 0.4) is 0 Å². The van der Waals surface area contributed by atoms with Gasteiger partial charge in [0.15, 0.2) is 0 Å². The molecule has 0 radical (unpaired) electrons. The van der Waals surface area contributed by atoms with Crippen LogP contribution in [0.25, 0.3) is 220 Å². The molecular weight excluding hydrogens is 1460 g/mol. The van der Waals surface area contributed by atoms with E-state index in [1.807, 2.05) is 6.07 Å². The maximum Gasteiger partial charge on any atom is 0.143 e. The highest BCUT2D eigenvalue weighted by Crippen LogP contribution is 2.48. The minimum Gasteiger partial charge on any atom is -0.455 e. The van der Waals surface area contributed by atoms with Crippen molar-refractivity contribution in [2.24, 2.45) is 0 Å². The van der Waals surface area contributed by atoms with Gasteiger partial charge in [-0.15, -0.1) is 0 Å². The lowest BCUT2D eigenvalue weighted by Crippen LogP contribution is -1.87. The third-order valence-electron chi connectivity index (χ3n) is 23.9. The van der Waals surface area contributed by atoms with E-state index in [1.165, 1.54) is 164 Å². The quantitative estimate of drug-likeness (QED) is 0.152. The van der Waals surface area contributed by atoms with Gasteiger partial charge in [0.2, 0.25) is 0 Å². The van der Waals surface area contributed by atoms with Crippen molar-refractivity contribution in [3.05, 3.63) is 435 Å². The van der Waals surface area contributed by atoms with Crippen molar-refractivity contribution in [1.82, 2.24) is 0 Å². The largest absolute Gasteiger partial charge is 0.455 e. The van der Waals surface area contributed by atoms with E-state index in [0.717, 1.165) is 78.0 Å². The first-order valence-corrected chi connectivity index (χ1v) is 41.2. The van der Waals surface area contributed by atoms with E-state index in [0.29, 0.717) is 0 Å². The summed E-state index contributed by atoms with van der Waals surface area (Å²) in [6, 6.07) is 146. The van der Waals surface area contributed by atoms with Crippen LogP contribution in [0, 0.1) is 27.7 Å². The van der Waals surface area contributed by atoms with Gasteiger partial charge in [0.1, 0.15) is 44.7 Å². The summed E-state index contributed by atoms with van der Waals surface area (Å²) in [5, 5.41) is 19.5. The Labute approximate surface area is 695 Å². The summed E-state index contributed by atoms with van der Waals surface area (Å²) in [6.45, 7) is 8.49. The van der Waals surface area contributed by atoms with Gasteiger partial charge in [-0.05, 0) is 196 Å². The highest BCUT2D eigenvalue weighted by Gasteiger charge is 2.24. The van der Waals surface area contributed by atoms with Gasteiger partial charge in [0.25, 0.3) is 0 Å². The molecule has 120 heavy (non-hydrogen) atoms. The van der Waals surface area contributed by atoms with Gasteiger partial charge < -0.3 is 17.7 Å². The Balaban J connectivity index is 0.0000000990. The lowest BCUT2D eigenvalue weighted by atomic mass is 9.91. The molecule has 0 saturated carbocycles. The molecule has 20 aromatic carbocycles. The molecule has 0 amide bonds. The summed E-state index contributed by atoms with van der Waals surface area (Å²) in [5.74, 6) is 0. The summed E-state index contributed by atoms with van der Waals surface area (Å²) >= 11 is 0. The second kappa shape index (κ2) is 30.7. The molecule has 0 aliphatic carbocycles. The van der Waals surface area contributed by atoms with E-state index in [2.05, 4.69) is 434 Å². The molecule has 0 aliphatic rings. The van der Waals surface area contributed by atoms with Crippen molar-refractivity contribution >= 4 is 131 Å². The number of aryl methyl sites for hydroxylation is 4. The SMILES string of the molecule is Cc1cc2ccccc2c2c1oc1c(-c3ccc(-c4ccccc4)cc3)cccc12.Cc1cc2ccccc2c2c1oc1c(-c3cccc(-c4ccccc4)c3)cccc12.Cc1cccc2c1oc1c(-c3cccc(-c4ccccc4)c3)cc3ccccc3c12.Cc1cccc2c1oc1c(-c3ccccc3-c3ccccc3)cc3ccccc3c12. The Morgan fingerprint density at radius 2 is 0.400 bits per heavy atom. The van der Waals surface area contributed by atoms with Gasteiger partial charge in [0, 0.05) is 65.3 Å². The first kappa shape index (κ1) is 72.3. The number of furan rings is 4. The molecule has 4 nitrogen and oxygen atoms in total. The van der Waals surface area contributed by atoms with Crippen LogP contribution in [-0.4, -0.2) is 0 Å². The van der Waals surface area contributed by atoms with Crippen LogP contribution in [0.2, 0.25) is 0 Å². The molecule has 4 aromatic heterocycles. The lowest BCUT2D eigenvalue weighted by molar-refractivity contribution is 0.667. The molecule has 568 valence electrons. The molecule has 0 saturated heterocycles. The Morgan fingerprint density at radius 1 is 0.133 bits per heavy atom. The normalized spacial score (nSPS) is 11.5. The maximum absolute atomic E-state index is 6.57. The number of hydrogen-bond donors (Lipinski definition) is 0. The van der Waals surface area contributed by atoms with Crippen LogP contribution in [-0.2, 0) is 0 Å². The Bertz CT molecular complexity index is 8040. The molecule has 24 rings (SSSR count). The van der Waals surface area contributed by atoms with Crippen LogP contribution in [0.5, 0.6) is 0 Å². The average Bonchev–Trinajstić information content (AvgIpc) is 1.53. The van der Waals surface area contributed by atoms with Crippen molar-refractivity contribution < 1.29 is 17.7 Å². The van der Waals surface area contributed by atoms with Crippen LogP contribution < -0.4 is 0 Å². The highest BCUT2D eigenvalue weighted by atomic mass is 16.3. The van der Waals surface area contributed by atoms with Crippen LogP contribution in [0.1, 0.15) is 22.3 Å². The number of para-hydroxylation sites is 4. The molecule has 0 bridgehead atoms.